The second-order valence-corrected chi connectivity index (χ2v) is 5.97. The zero-order valence-corrected chi connectivity index (χ0v) is 12.5. The molecular weight excluding hydrogens is 256 g/mol. The van der Waals surface area contributed by atoms with Gasteiger partial charge in [0.2, 0.25) is 0 Å². The number of carbonyl (C=O) groups excluding carboxylic acids is 1. The third-order valence-electron chi connectivity index (χ3n) is 3.96. The third kappa shape index (κ3) is 2.95. The normalized spacial score (nSPS) is 23.4. The summed E-state index contributed by atoms with van der Waals surface area (Å²) in [4.78, 5) is 15.8. The number of benzene rings is 1. The van der Waals surface area contributed by atoms with Crippen molar-refractivity contribution in [2.75, 3.05) is 19.3 Å². The molecule has 19 heavy (non-hydrogen) atoms. The Morgan fingerprint density at radius 1 is 1.47 bits per heavy atom. The van der Waals surface area contributed by atoms with Crippen molar-refractivity contribution in [3.05, 3.63) is 29.8 Å². The molecule has 1 aliphatic heterocycles. The predicted molar refractivity (Wildman–Crippen MR) is 80.5 cm³/mol. The van der Waals surface area contributed by atoms with Gasteiger partial charge in [-0.15, -0.1) is 11.8 Å². The first-order valence-corrected chi connectivity index (χ1v) is 8.05. The van der Waals surface area contributed by atoms with E-state index in [2.05, 4.69) is 6.92 Å². The van der Waals surface area contributed by atoms with Gasteiger partial charge in [-0.2, -0.15) is 0 Å². The highest BCUT2D eigenvalue weighted by Crippen LogP contribution is 2.27. The van der Waals surface area contributed by atoms with E-state index in [1.807, 2.05) is 35.4 Å². The Morgan fingerprint density at radius 3 is 2.89 bits per heavy atom. The minimum absolute atomic E-state index is 0.131. The van der Waals surface area contributed by atoms with Gasteiger partial charge in [0.25, 0.3) is 5.91 Å². The molecule has 1 aliphatic rings. The lowest BCUT2D eigenvalue weighted by molar-refractivity contribution is 0.0529. The van der Waals surface area contributed by atoms with E-state index >= 15 is 0 Å². The third-order valence-corrected chi connectivity index (χ3v) is 4.75. The van der Waals surface area contributed by atoms with E-state index in [9.17, 15) is 4.79 Å². The highest BCUT2D eigenvalue weighted by molar-refractivity contribution is 7.98. The number of nitrogens with zero attached hydrogens (tertiary/aromatic N) is 1. The van der Waals surface area contributed by atoms with E-state index in [1.165, 1.54) is 0 Å². The fourth-order valence-corrected chi connectivity index (χ4v) is 3.43. The first-order chi connectivity index (χ1) is 9.19. The monoisotopic (exact) mass is 278 g/mol. The molecule has 1 fully saturated rings. The molecule has 1 aromatic carbocycles. The maximum Gasteiger partial charge on any atom is 0.255 e. The first-order valence-electron chi connectivity index (χ1n) is 6.83. The zero-order chi connectivity index (χ0) is 13.8. The summed E-state index contributed by atoms with van der Waals surface area (Å²) in [6.45, 7) is 3.57. The van der Waals surface area contributed by atoms with Crippen LogP contribution in [-0.4, -0.2) is 36.2 Å². The second kappa shape index (κ2) is 6.44. The number of carbonyl (C=O) groups is 1. The van der Waals surface area contributed by atoms with Crippen LogP contribution in [0, 0.1) is 5.92 Å². The van der Waals surface area contributed by atoms with Crippen molar-refractivity contribution in [3.8, 4) is 0 Å². The molecule has 1 amide bonds. The van der Waals surface area contributed by atoms with Crippen molar-refractivity contribution >= 4 is 17.7 Å². The molecule has 0 radical (unpaired) electrons. The van der Waals surface area contributed by atoms with Crippen molar-refractivity contribution in [3.63, 3.8) is 0 Å². The van der Waals surface area contributed by atoms with Gasteiger partial charge >= 0.3 is 0 Å². The highest BCUT2D eigenvalue weighted by Gasteiger charge is 2.31. The van der Waals surface area contributed by atoms with E-state index in [0.29, 0.717) is 12.5 Å². The van der Waals surface area contributed by atoms with Gasteiger partial charge in [-0.05, 0) is 37.1 Å². The van der Waals surface area contributed by atoms with E-state index in [1.54, 1.807) is 11.8 Å². The molecule has 3 nitrogen and oxygen atoms in total. The SMILES string of the molecule is CSc1ccccc1C(=O)N1CCCC(C)C1CN. The van der Waals surface area contributed by atoms with Gasteiger partial charge in [0.1, 0.15) is 0 Å². The van der Waals surface area contributed by atoms with Gasteiger partial charge in [-0.1, -0.05) is 19.1 Å². The summed E-state index contributed by atoms with van der Waals surface area (Å²) in [7, 11) is 0. The topological polar surface area (TPSA) is 46.3 Å². The maximum absolute atomic E-state index is 12.8. The second-order valence-electron chi connectivity index (χ2n) is 5.12. The van der Waals surface area contributed by atoms with Crippen LogP contribution in [0.15, 0.2) is 29.2 Å². The Kier molecular flexibility index (Phi) is 4.88. The summed E-state index contributed by atoms with van der Waals surface area (Å²) in [5, 5.41) is 0. The lowest BCUT2D eigenvalue weighted by Crippen LogP contribution is -2.51. The first kappa shape index (κ1) is 14.4. The number of thioether (sulfide) groups is 1. The van der Waals surface area contributed by atoms with Crippen molar-refractivity contribution in [2.45, 2.75) is 30.7 Å². The van der Waals surface area contributed by atoms with Crippen molar-refractivity contribution in [2.24, 2.45) is 11.7 Å². The van der Waals surface area contributed by atoms with Crippen LogP contribution in [0.3, 0.4) is 0 Å². The minimum Gasteiger partial charge on any atom is -0.334 e. The molecule has 2 rings (SSSR count). The number of amides is 1. The van der Waals surface area contributed by atoms with Crippen molar-refractivity contribution < 1.29 is 4.79 Å². The van der Waals surface area contributed by atoms with E-state index in [4.69, 9.17) is 5.73 Å². The predicted octanol–water partition coefficient (Wildman–Crippen LogP) is 2.61. The van der Waals surface area contributed by atoms with Gasteiger partial charge in [0.05, 0.1) is 5.56 Å². The summed E-state index contributed by atoms with van der Waals surface area (Å²) in [5.41, 5.74) is 6.68. The van der Waals surface area contributed by atoms with Gasteiger partial charge < -0.3 is 10.6 Å². The molecule has 0 aliphatic carbocycles. The van der Waals surface area contributed by atoms with Gasteiger partial charge in [0.15, 0.2) is 0 Å². The molecule has 1 heterocycles. The number of hydrogen-bond acceptors (Lipinski definition) is 3. The number of hydrogen-bond donors (Lipinski definition) is 1. The van der Waals surface area contributed by atoms with E-state index < -0.39 is 0 Å². The van der Waals surface area contributed by atoms with Crippen LogP contribution in [-0.2, 0) is 0 Å². The number of rotatable bonds is 3. The van der Waals surface area contributed by atoms with Crippen LogP contribution >= 0.6 is 11.8 Å². The highest BCUT2D eigenvalue weighted by atomic mass is 32.2. The van der Waals surface area contributed by atoms with Gasteiger partial charge in [0, 0.05) is 24.0 Å². The maximum atomic E-state index is 12.8. The quantitative estimate of drug-likeness (QED) is 0.865. The molecule has 0 spiro atoms. The number of nitrogens with two attached hydrogens (primary N) is 1. The molecule has 0 saturated carbocycles. The largest absolute Gasteiger partial charge is 0.334 e. The van der Waals surface area contributed by atoms with Crippen LogP contribution < -0.4 is 5.73 Å². The fourth-order valence-electron chi connectivity index (χ4n) is 2.84. The van der Waals surface area contributed by atoms with Gasteiger partial charge in [-0.25, -0.2) is 0 Å². The molecule has 2 N–H and O–H groups in total. The van der Waals surface area contributed by atoms with Crippen LogP contribution in [0.1, 0.15) is 30.1 Å². The molecule has 1 aromatic rings. The fraction of sp³-hybridized carbons (Fsp3) is 0.533. The summed E-state index contributed by atoms with van der Waals surface area (Å²) in [6.07, 6.45) is 4.24. The molecule has 2 unspecified atom stereocenters. The Labute approximate surface area is 119 Å². The van der Waals surface area contributed by atoms with Crippen LogP contribution in [0.25, 0.3) is 0 Å². The zero-order valence-electron chi connectivity index (χ0n) is 11.6. The van der Waals surface area contributed by atoms with Crippen LogP contribution in [0.2, 0.25) is 0 Å². The van der Waals surface area contributed by atoms with Crippen molar-refractivity contribution in [1.29, 1.82) is 0 Å². The number of likely N-dealkylation sites (tertiary alicyclic amines) is 1. The van der Waals surface area contributed by atoms with Crippen LogP contribution in [0.5, 0.6) is 0 Å². The van der Waals surface area contributed by atoms with E-state index in [-0.39, 0.29) is 11.9 Å². The lowest BCUT2D eigenvalue weighted by atomic mass is 9.90. The summed E-state index contributed by atoms with van der Waals surface area (Å²) >= 11 is 1.62. The molecule has 0 bridgehead atoms. The lowest BCUT2D eigenvalue weighted by Gasteiger charge is -2.39. The smallest absolute Gasteiger partial charge is 0.255 e. The standard InChI is InChI=1S/C15H22N2OS/c1-11-6-5-9-17(13(11)10-16)15(18)12-7-3-4-8-14(12)19-2/h3-4,7-8,11,13H,5-6,9-10,16H2,1-2H3. The average molecular weight is 278 g/mol. The minimum atomic E-state index is 0.131. The molecule has 1 saturated heterocycles. The Balaban J connectivity index is 2.27. The summed E-state index contributed by atoms with van der Waals surface area (Å²) in [5.74, 6) is 0.621. The molecular formula is C15H22N2OS. The van der Waals surface area contributed by atoms with Crippen molar-refractivity contribution in [1.82, 2.24) is 4.90 Å². The van der Waals surface area contributed by atoms with E-state index in [0.717, 1.165) is 29.8 Å². The Morgan fingerprint density at radius 2 is 2.21 bits per heavy atom. The average Bonchev–Trinajstić information content (AvgIpc) is 2.46. The molecule has 104 valence electrons. The summed E-state index contributed by atoms with van der Waals surface area (Å²) < 4.78 is 0. The molecule has 2 atom stereocenters. The Bertz CT molecular complexity index is 450. The summed E-state index contributed by atoms with van der Waals surface area (Å²) in [6, 6.07) is 8.00. The van der Waals surface area contributed by atoms with Crippen LogP contribution in [0.4, 0.5) is 0 Å². The molecule has 0 aromatic heterocycles. The number of piperidine rings is 1. The van der Waals surface area contributed by atoms with Gasteiger partial charge in [-0.3, -0.25) is 4.79 Å². The Hall–Kier alpha value is -1.00. The molecule has 4 heteroatoms.